The quantitative estimate of drug-likeness (QED) is 0.801. The Kier molecular flexibility index (Phi) is 3.89. The molecule has 0 radical (unpaired) electrons. The van der Waals surface area contributed by atoms with Gasteiger partial charge in [-0.15, -0.1) is 0 Å². The molecule has 17 heavy (non-hydrogen) atoms. The van der Waals surface area contributed by atoms with Crippen LogP contribution in [0.5, 0.6) is 0 Å². The SMILES string of the molecule is COC(=O)c1ccccc1NC(=O)C(C)(C)C. The summed E-state index contributed by atoms with van der Waals surface area (Å²) in [7, 11) is 1.31. The molecule has 1 aromatic carbocycles. The summed E-state index contributed by atoms with van der Waals surface area (Å²) >= 11 is 0. The van der Waals surface area contributed by atoms with E-state index in [1.54, 1.807) is 24.3 Å². The predicted molar refractivity (Wildman–Crippen MR) is 65.9 cm³/mol. The Labute approximate surface area is 101 Å². The van der Waals surface area contributed by atoms with Crippen molar-refractivity contribution in [1.29, 1.82) is 0 Å². The zero-order valence-electron chi connectivity index (χ0n) is 10.5. The molecule has 0 saturated heterocycles. The van der Waals surface area contributed by atoms with Gasteiger partial charge in [0.2, 0.25) is 5.91 Å². The van der Waals surface area contributed by atoms with Crippen molar-refractivity contribution in [3.05, 3.63) is 29.8 Å². The summed E-state index contributed by atoms with van der Waals surface area (Å²) in [5.41, 5.74) is 0.315. The molecule has 92 valence electrons. The number of rotatable bonds is 2. The minimum absolute atomic E-state index is 0.145. The van der Waals surface area contributed by atoms with Gasteiger partial charge in [0, 0.05) is 5.41 Å². The van der Waals surface area contributed by atoms with Crippen LogP contribution < -0.4 is 5.32 Å². The Morgan fingerprint density at radius 2 is 1.76 bits per heavy atom. The highest BCUT2D eigenvalue weighted by Crippen LogP contribution is 2.20. The van der Waals surface area contributed by atoms with E-state index in [1.807, 2.05) is 20.8 Å². The highest BCUT2D eigenvalue weighted by molar-refractivity contribution is 6.02. The van der Waals surface area contributed by atoms with E-state index in [0.29, 0.717) is 11.3 Å². The lowest BCUT2D eigenvalue weighted by atomic mass is 9.95. The second-order valence-corrected chi connectivity index (χ2v) is 4.74. The van der Waals surface area contributed by atoms with Crippen LogP contribution in [-0.4, -0.2) is 19.0 Å². The van der Waals surface area contributed by atoms with Crippen molar-refractivity contribution in [3.8, 4) is 0 Å². The Morgan fingerprint density at radius 3 is 2.29 bits per heavy atom. The minimum Gasteiger partial charge on any atom is -0.465 e. The highest BCUT2D eigenvalue weighted by atomic mass is 16.5. The van der Waals surface area contributed by atoms with Gasteiger partial charge in [-0.1, -0.05) is 32.9 Å². The molecule has 0 spiro atoms. The number of carbonyl (C=O) groups is 2. The van der Waals surface area contributed by atoms with Crippen LogP contribution in [0, 0.1) is 5.41 Å². The molecule has 0 aromatic heterocycles. The predicted octanol–water partition coefficient (Wildman–Crippen LogP) is 2.46. The van der Waals surface area contributed by atoms with E-state index >= 15 is 0 Å². The molecule has 0 fully saturated rings. The van der Waals surface area contributed by atoms with Crippen LogP contribution in [0.2, 0.25) is 0 Å². The molecule has 0 atom stereocenters. The van der Waals surface area contributed by atoms with Gasteiger partial charge in [-0.05, 0) is 12.1 Å². The number of nitrogens with one attached hydrogen (secondary N) is 1. The Hall–Kier alpha value is -1.84. The van der Waals surface area contributed by atoms with Crippen LogP contribution in [-0.2, 0) is 9.53 Å². The fraction of sp³-hybridized carbons (Fsp3) is 0.385. The monoisotopic (exact) mass is 235 g/mol. The van der Waals surface area contributed by atoms with Crippen molar-refractivity contribution in [2.45, 2.75) is 20.8 Å². The topological polar surface area (TPSA) is 55.4 Å². The van der Waals surface area contributed by atoms with Crippen molar-refractivity contribution in [3.63, 3.8) is 0 Å². The fourth-order valence-corrected chi connectivity index (χ4v) is 1.19. The smallest absolute Gasteiger partial charge is 0.339 e. The zero-order valence-corrected chi connectivity index (χ0v) is 10.5. The number of hydrogen-bond donors (Lipinski definition) is 1. The number of anilines is 1. The minimum atomic E-state index is -0.511. The van der Waals surface area contributed by atoms with Gasteiger partial charge in [-0.3, -0.25) is 4.79 Å². The van der Waals surface area contributed by atoms with Gasteiger partial charge in [-0.2, -0.15) is 0 Å². The van der Waals surface area contributed by atoms with Gasteiger partial charge < -0.3 is 10.1 Å². The Morgan fingerprint density at radius 1 is 1.18 bits per heavy atom. The number of esters is 1. The molecule has 4 heteroatoms. The van der Waals surface area contributed by atoms with Gasteiger partial charge in [-0.25, -0.2) is 4.79 Å². The van der Waals surface area contributed by atoms with Gasteiger partial charge >= 0.3 is 5.97 Å². The van der Waals surface area contributed by atoms with E-state index in [1.165, 1.54) is 7.11 Å². The van der Waals surface area contributed by atoms with Crippen molar-refractivity contribution in [2.24, 2.45) is 5.41 Å². The molecule has 1 amide bonds. The first-order valence-corrected chi connectivity index (χ1v) is 5.35. The molecule has 0 heterocycles. The number of hydrogen-bond acceptors (Lipinski definition) is 3. The normalized spacial score (nSPS) is 10.8. The second-order valence-electron chi connectivity index (χ2n) is 4.74. The third-order valence-corrected chi connectivity index (χ3v) is 2.26. The molecular weight excluding hydrogens is 218 g/mol. The van der Waals surface area contributed by atoms with Crippen LogP contribution in [0.1, 0.15) is 31.1 Å². The number of amides is 1. The van der Waals surface area contributed by atoms with E-state index in [9.17, 15) is 9.59 Å². The average Bonchev–Trinajstić information content (AvgIpc) is 2.27. The van der Waals surface area contributed by atoms with Gasteiger partial charge in [0.05, 0.1) is 18.4 Å². The summed E-state index contributed by atoms with van der Waals surface area (Å²) in [6.07, 6.45) is 0. The standard InChI is InChI=1S/C13H17NO3/c1-13(2,3)12(16)14-10-8-6-5-7-9(10)11(15)17-4/h5-8H,1-4H3,(H,14,16). The van der Waals surface area contributed by atoms with Crippen molar-refractivity contribution in [1.82, 2.24) is 0 Å². The maximum absolute atomic E-state index is 11.8. The highest BCUT2D eigenvalue weighted by Gasteiger charge is 2.23. The molecule has 0 aliphatic carbocycles. The van der Waals surface area contributed by atoms with Gasteiger partial charge in [0.15, 0.2) is 0 Å². The summed E-state index contributed by atoms with van der Waals surface area (Å²) < 4.78 is 4.65. The van der Waals surface area contributed by atoms with E-state index in [4.69, 9.17) is 0 Å². The van der Waals surface area contributed by atoms with Crippen LogP contribution >= 0.6 is 0 Å². The van der Waals surface area contributed by atoms with Crippen LogP contribution in [0.3, 0.4) is 0 Å². The maximum atomic E-state index is 11.8. The summed E-state index contributed by atoms with van der Waals surface area (Å²) in [4.78, 5) is 23.3. The molecule has 0 bridgehead atoms. The molecule has 0 aliphatic heterocycles. The van der Waals surface area contributed by atoms with Crippen molar-refractivity contribution < 1.29 is 14.3 Å². The lowest BCUT2D eigenvalue weighted by Gasteiger charge is -2.18. The first kappa shape index (κ1) is 13.2. The largest absolute Gasteiger partial charge is 0.465 e. The summed E-state index contributed by atoms with van der Waals surface area (Å²) in [5.74, 6) is -0.608. The summed E-state index contributed by atoms with van der Waals surface area (Å²) in [5, 5.41) is 2.73. The van der Waals surface area contributed by atoms with E-state index in [0.717, 1.165) is 0 Å². The molecule has 4 nitrogen and oxygen atoms in total. The fourth-order valence-electron chi connectivity index (χ4n) is 1.19. The molecule has 0 saturated carbocycles. The summed E-state index contributed by atoms with van der Waals surface area (Å²) in [6.45, 7) is 5.43. The maximum Gasteiger partial charge on any atom is 0.339 e. The Bertz CT molecular complexity index is 433. The first-order chi connectivity index (χ1) is 7.86. The average molecular weight is 235 g/mol. The third-order valence-electron chi connectivity index (χ3n) is 2.26. The second kappa shape index (κ2) is 4.99. The van der Waals surface area contributed by atoms with Crippen molar-refractivity contribution in [2.75, 3.05) is 12.4 Å². The van der Waals surface area contributed by atoms with Crippen LogP contribution in [0.4, 0.5) is 5.69 Å². The molecule has 0 aliphatic rings. The molecule has 1 N–H and O–H groups in total. The van der Waals surface area contributed by atoms with Gasteiger partial charge in [0.1, 0.15) is 0 Å². The van der Waals surface area contributed by atoms with E-state index < -0.39 is 11.4 Å². The van der Waals surface area contributed by atoms with E-state index in [-0.39, 0.29) is 5.91 Å². The molecule has 1 rings (SSSR count). The van der Waals surface area contributed by atoms with E-state index in [2.05, 4.69) is 10.1 Å². The number of methoxy groups -OCH3 is 1. The molecular formula is C13H17NO3. The number of benzene rings is 1. The number of para-hydroxylation sites is 1. The van der Waals surface area contributed by atoms with Gasteiger partial charge in [0.25, 0.3) is 0 Å². The third kappa shape index (κ3) is 3.31. The van der Waals surface area contributed by atoms with Crippen LogP contribution in [0.25, 0.3) is 0 Å². The first-order valence-electron chi connectivity index (χ1n) is 5.35. The molecule has 1 aromatic rings. The zero-order chi connectivity index (χ0) is 13.1. The number of carbonyl (C=O) groups excluding carboxylic acids is 2. The lowest BCUT2D eigenvalue weighted by Crippen LogP contribution is -2.28. The molecule has 0 unspecified atom stereocenters. The number of ether oxygens (including phenoxy) is 1. The Balaban J connectivity index is 2.99. The lowest BCUT2D eigenvalue weighted by molar-refractivity contribution is -0.123. The van der Waals surface area contributed by atoms with Crippen molar-refractivity contribution >= 4 is 17.6 Å². The summed E-state index contributed by atoms with van der Waals surface area (Å²) in [6, 6.07) is 6.77. The van der Waals surface area contributed by atoms with Crippen LogP contribution in [0.15, 0.2) is 24.3 Å².